The number of rotatable bonds is 5. The lowest BCUT2D eigenvalue weighted by Gasteiger charge is -2.37. The highest BCUT2D eigenvalue weighted by atomic mass is 16.5. The number of hydrogen-bond acceptors (Lipinski definition) is 5. The van der Waals surface area contributed by atoms with Crippen LogP contribution in [0.2, 0.25) is 0 Å². The fraction of sp³-hybridized carbons (Fsp3) is 0.375. The highest BCUT2D eigenvalue weighted by molar-refractivity contribution is 5.80. The van der Waals surface area contributed by atoms with Gasteiger partial charge >= 0.3 is 6.09 Å². The van der Waals surface area contributed by atoms with Crippen molar-refractivity contribution in [2.45, 2.75) is 43.7 Å². The van der Waals surface area contributed by atoms with E-state index in [9.17, 15) is 4.79 Å². The third-order valence-electron chi connectivity index (χ3n) is 6.33. The van der Waals surface area contributed by atoms with Gasteiger partial charge in [-0.05, 0) is 43.0 Å². The zero-order valence-corrected chi connectivity index (χ0v) is 17.3. The molecule has 0 bridgehead atoms. The molecule has 0 atom stereocenters. The van der Waals surface area contributed by atoms with Crippen LogP contribution in [0.5, 0.6) is 5.88 Å². The second-order valence-corrected chi connectivity index (χ2v) is 8.38. The Morgan fingerprint density at radius 2 is 1.87 bits per heavy atom. The predicted octanol–water partition coefficient (Wildman–Crippen LogP) is 4.51. The van der Waals surface area contributed by atoms with Crippen LogP contribution in [0.25, 0.3) is 10.9 Å². The molecular formula is C24H26N4O3. The van der Waals surface area contributed by atoms with Gasteiger partial charge in [-0.1, -0.05) is 24.3 Å². The van der Waals surface area contributed by atoms with Gasteiger partial charge in [-0.15, -0.1) is 0 Å². The third kappa shape index (κ3) is 4.26. The Morgan fingerprint density at radius 1 is 1.06 bits per heavy atom. The smallest absolute Gasteiger partial charge is 0.407 e. The molecule has 1 aliphatic heterocycles. The molecule has 3 heterocycles. The summed E-state index contributed by atoms with van der Waals surface area (Å²) >= 11 is 0. The topological polar surface area (TPSA) is 87.6 Å². The molecular weight excluding hydrogens is 392 g/mol. The van der Waals surface area contributed by atoms with Crippen LogP contribution in [-0.2, 0) is 0 Å². The van der Waals surface area contributed by atoms with Crippen LogP contribution in [0.4, 0.5) is 10.6 Å². The number of carboxylic acid groups (broad SMARTS) is 1. The monoisotopic (exact) mass is 418 g/mol. The SMILES string of the molecule is O=C(O)N1CCC(c2cccnc2OC2CC(Nc3ccc4ccccc4n3)C2)CC1. The molecule has 7 heteroatoms. The van der Waals surface area contributed by atoms with Crippen LogP contribution in [0.3, 0.4) is 0 Å². The predicted molar refractivity (Wildman–Crippen MR) is 119 cm³/mol. The number of likely N-dealkylation sites (tertiary alicyclic amines) is 1. The second-order valence-electron chi connectivity index (χ2n) is 8.38. The van der Waals surface area contributed by atoms with Crippen molar-refractivity contribution >= 4 is 22.8 Å². The van der Waals surface area contributed by atoms with E-state index < -0.39 is 6.09 Å². The highest BCUT2D eigenvalue weighted by Crippen LogP contribution is 2.35. The van der Waals surface area contributed by atoms with E-state index in [0.29, 0.717) is 25.0 Å². The van der Waals surface area contributed by atoms with Gasteiger partial charge in [0, 0.05) is 49.1 Å². The fourth-order valence-corrected chi connectivity index (χ4v) is 4.49. The lowest BCUT2D eigenvalue weighted by Crippen LogP contribution is -2.43. The normalized spacial score (nSPS) is 21.5. The van der Waals surface area contributed by atoms with E-state index in [1.165, 1.54) is 4.90 Å². The van der Waals surface area contributed by atoms with E-state index in [1.54, 1.807) is 6.20 Å². The molecule has 2 N–H and O–H groups in total. The number of amides is 1. The average Bonchev–Trinajstić information content (AvgIpc) is 2.78. The molecule has 0 spiro atoms. The summed E-state index contributed by atoms with van der Waals surface area (Å²) in [6, 6.07) is 16.6. The van der Waals surface area contributed by atoms with Crippen LogP contribution in [-0.4, -0.2) is 51.3 Å². The zero-order valence-electron chi connectivity index (χ0n) is 17.3. The maximum absolute atomic E-state index is 11.2. The number of nitrogens with zero attached hydrogens (tertiary/aromatic N) is 3. The van der Waals surface area contributed by atoms with Crippen molar-refractivity contribution in [1.82, 2.24) is 14.9 Å². The quantitative estimate of drug-likeness (QED) is 0.634. The van der Waals surface area contributed by atoms with E-state index in [0.717, 1.165) is 48.0 Å². The molecule has 0 radical (unpaired) electrons. The number of benzene rings is 1. The number of nitrogens with one attached hydrogen (secondary N) is 1. The molecule has 1 saturated heterocycles. The van der Waals surface area contributed by atoms with Crippen molar-refractivity contribution in [3.63, 3.8) is 0 Å². The Hall–Kier alpha value is -3.35. The summed E-state index contributed by atoms with van der Waals surface area (Å²) in [6.07, 6.45) is 4.47. The summed E-state index contributed by atoms with van der Waals surface area (Å²) in [7, 11) is 0. The van der Waals surface area contributed by atoms with Crippen molar-refractivity contribution in [3.8, 4) is 5.88 Å². The summed E-state index contributed by atoms with van der Waals surface area (Å²) in [5.41, 5.74) is 2.09. The fourth-order valence-electron chi connectivity index (χ4n) is 4.49. The highest BCUT2D eigenvalue weighted by Gasteiger charge is 2.33. The third-order valence-corrected chi connectivity index (χ3v) is 6.33. The number of ether oxygens (including phenoxy) is 1. The van der Waals surface area contributed by atoms with Crippen LogP contribution >= 0.6 is 0 Å². The Balaban J connectivity index is 1.17. The summed E-state index contributed by atoms with van der Waals surface area (Å²) < 4.78 is 6.25. The summed E-state index contributed by atoms with van der Waals surface area (Å²) in [5, 5.41) is 13.8. The minimum Gasteiger partial charge on any atom is -0.474 e. The summed E-state index contributed by atoms with van der Waals surface area (Å²) in [5.74, 6) is 1.88. The van der Waals surface area contributed by atoms with Gasteiger partial charge in [0.15, 0.2) is 0 Å². The first-order chi connectivity index (χ1) is 15.2. The number of aromatic nitrogens is 2. The van der Waals surface area contributed by atoms with E-state index in [2.05, 4.69) is 33.5 Å². The molecule has 160 valence electrons. The van der Waals surface area contributed by atoms with Gasteiger partial charge in [0.1, 0.15) is 11.9 Å². The summed E-state index contributed by atoms with van der Waals surface area (Å²) in [4.78, 5) is 21.8. The Bertz CT molecular complexity index is 1080. The van der Waals surface area contributed by atoms with E-state index in [-0.39, 0.29) is 12.0 Å². The van der Waals surface area contributed by atoms with Gasteiger partial charge in [-0.25, -0.2) is 14.8 Å². The minimum atomic E-state index is -0.838. The number of anilines is 1. The van der Waals surface area contributed by atoms with Gasteiger partial charge in [-0.2, -0.15) is 0 Å². The number of piperidine rings is 1. The van der Waals surface area contributed by atoms with Gasteiger partial charge in [0.2, 0.25) is 5.88 Å². The van der Waals surface area contributed by atoms with Gasteiger partial charge in [0.05, 0.1) is 5.52 Å². The first kappa shape index (κ1) is 19.6. The molecule has 1 aliphatic carbocycles. The Labute approximate surface area is 181 Å². The Kier molecular flexibility index (Phi) is 5.32. The van der Waals surface area contributed by atoms with E-state index in [1.807, 2.05) is 30.3 Å². The van der Waals surface area contributed by atoms with Crippen molar-refractivity contribution in [1.29, 1.82) is 0 Å². The first-order valence-electron chi connectivity index (χ1n) is 10.9. The van der Waals surface area contributed by atoms with Crippen LogP contribution < -0.4 is 10.1 Å². The number of fused-ring (bicyclic) bond motifs is 1. The van der Waals surface area contributed by atoms with Gasteiger partial charge in [0.25, 0.3) is 0 Å². The molecule has 1 aromatic carbocycles. The molecule has 31 heavy (non-hydrogen) atoms. The standard InChI is InChI=1S/C24H26N4O3/c29-24(30)28-12-9-16(10-13-28)20-5-3-11-25-23(20)31-19-14-18(15-19)26-22-8-7-17-4-1-2-6-21(17)27-22/h1-8,11,16,18-19H,9-10,12-15H2,(H,26,27)(H,29,30). The number of pyridine rings is 2. The van der Waals surface area contributed by atoms with E-state index in [4.69, 9.17) is 9.84 Å². The molecule has 1 saturated carbocycles. The average molecular weight is 418 g/mol. The van der Waals surface area contributed by atoms with E-state index >= 15 is 0 Å². The number of hydrogen-bond donors (Lipinski definition) is 2. The van der Waals surface area contributed by atoms with Gasteiger partial charge in [-0.3, -0.25) is 0 Å². The number of carbonyl (C=O) groups is 1. The maximum Gasteiger partial charge on any atom is 0.407 e. The van der Waals surface area contributed by atoms with Crippen molar-refractivity contribution in [2.75, 3.05) is 18.4 Å². The molecule has 3 aromatic rings. The van der Waals surface area contributed by atoms with Crippen LogP contribution in [0.15, 0.2) is 54.7 Å². The molecule has 2 aliphatic rings. The molecule has 7 nitrogen and oxygen atoms in total. The molecule has 5 rings (SSSR count). The van der Waals surface area contributed by atoms with Crippen molar-refractivity contribution in [3.05, 3.63) is 60.3 Å². The molecule has 0 unspecified atom stereocenters. The van der Waals surface area contributed by atoms with Crippen LogP contribution in [0, 0.1) is 0 Å². The minimum absolute atomic E-state index is 0.130. The lowest BCUT2D eigenvalue weighted by atomic mass is 9.88. The molecule has 1 amide bonds. The second kappa shape index (κ2) is 8.41. The largest absolute Gasteiger partial charge is 0.474 e. The zero-order chi connectivity index (χ0) is 21.2. The molecule has 2 fully saturated rings. The Morgan fingerprint density at radius 3 is 2.68 bits per heavy atom. The number of para-hydroxylation sites is 1. The summed E-state index contributed by atoms with van der Waals surface area (Å²) in [6.45, 7) is 1.12. The van der Waals surface area contributed by atoms with Crippen molar-refractivity contribution in [2.24, 2.45) is 0 Å². The maximum atomic E-state index is 11.2. The molecule has 2 aromatic heterocycles. The van der Waals surface area contributed by atoms with Crippen molar-refractivity contribution < 1.29 is 14.6 Å². The lowest BCUT2D eigenvalue weighted by molar-refractivity contribution is 0.0994. The van der Waals surface area contributed by atoms with Gasteiger partial charge < -0.3 is 20.1 Å². The first-order valence-corrected chi connectivity index (χ1v) is 10.9. The van der Waals surface area contributed by atoms with Crippen LogP contribution in [0.1, 0.15) is 37.2 Å².